The van der Waals surface area contributed by atoms with Gasteiger partial charge >= 0.3 is 5.97 Å². The summed E-state index contributed by atoms with van der Waals surface area (Å²) in [4.78, 5) is 38.2. The number of hydrogen-bond donors (Lipinski definition) is 0. The second kappa shape index (κ2) is 5.48. The fourth-order valence-electron chi connectivity index (χ4n) is 2.16. The summed E-state index contributed by atoms with van der Waals surface area (Å²) in [6.45, 7) is 1.88. The van der Waals surface area contributed by atoms with Crippen molar-refractivity contribution in [2.75, 3.05) is 6.61 Å². The Balaban J connectivity index is 2.25. The van der Waals surface area contributed by atoms with Crippen molar-refractivity contribution >= 4 is 33.7 Å². The lowest BCUT2D eigenvalue weighted by atomic mass is 10.1. The van der Waals surface area contributed by atoms with Crippen LogP contribution in [-0.4, -0.2) is 22.5 Å². The van der Waals surface area contributed by atoms with E-state index in [-0.39, 0.29) is 39.9 Å². The Kier molecular flexibility index (Phi) is 3.49. The number of non-ortho nitro benzene ring substituents is 1. The molecule has 8 heteroatoms. The van der Waals surface area contributed by atoms with Crippen LogP contribution in [0.15, 0.2) is 39.7 Å². The quantitative estimate of drug-likeness (QED) is 0.316. The molecule has 23 heavy (non-hydrogen) atoms. The van der Waals surface area contributed by atoms with Gasteiger partial charge in [-0.25, -0.2) is 9.78 Å². The molecule has 0 aliphatic heterocycles. The van der Waals surface area contributed by atoms with E-state index in [2.05, 4.69) is 4.98 Å². The molecule has 0 saturated heterocycles. The summed E-state index contributed by atoms with van der Waals surface area (Å²) in [6.07, 6.45) is 1.21. The molecule has 0 fully saturated rings. The van der Waals surface area contributed by atoms with Crippen molar-refractivity contribution in [1.82, 2.24) is 4.98 Å². The van der Waals surface area contributed by atoms with Gasteiger partial charge in [0.05, 0.1) is 22.5 Å². The molecule has 2 heterocycles. The molecule has 0 aliphatic carbocycles. The van der Waals surface area contributed by atoms with Gasteiger partial charge in [0.25, 0.3) is 5.69 Å². The van der Waals surface area contributed by atoms with Crippen LogP contribution < -0.4 is 5.43 Å². The van der Waals surface area contributed by atoms with Crippen molar-refractivity contribution in [3.63, 3.8) is 0 Å². The summed E-state index contributed by atoms with van der Waals surface area (Å²) >= 11 is 0. The van der Waals surface area contributed by atoms with E-state index >= 15 is 0 Å². The van der Waals surface area contributed by atoms with Crippen LogP contribution in [0.2, 0.25) is 0 Å². The third kappa shape index (κ3) is 2.50. The molecular formula is C15H10N2O6. The van der Waals surface area contributed by atoms with Crippen molar-refractivity contribution in [1.29, 1.82) is 0 Å². The molecule has 8 nitrogen and oxygen atoms in total. The monoisotopic (exact) mass is 314 g/mol. The van der Waals surface area contributed by atoms with Crippen LogP contribution in [0, 0.1) is 10.1 Å². The number of nitrogens with zero attached hydrogens (tertiary/aromatic N) is 2. The SMILES string of the molecule is CCOC(=O)c1cnc2c(=O)c3cc([N+](=O)[O-])ccc3oc2c1. The minimum atomic E-state index is -0.597. The number of ether oxygens (including phenoxy) is 1. The van der Waals surface area contributed by atoms with Crippen LogP contribution in [0.5, 0.6) is 0 Å². The zero-order chi connectivity index (χ0) is 16.6. The first-order valence-electron chi connectivity index (χ1n) is 6.69. The Hall–Kier alpha value is -3.29. The van der Waals surface area contributed by atoms with Crippen molar-refractivity contribution in [2.24, 2.45) is 0 Å². The number of carbonyl (C=O) groups excluding carboxylic acids is 1. The lowest BCUT2D eigenvalue weighted by molar-refractivity contribution is -0.384. The number of esters is 1. The van der Waals surface area contributed by atoms with Gasteiger partial charge in [-0.05, 0) is 19.1 Å². The molecule has 0 radical (unpaired) electrons. The van der Waals surface area contributed by atoms with Crippen molar-refractivity contribution in [2.45, 2.75) is 6.92 Å². The number of rotatable bonds is 3. The Morgan fingerprint density at radius 2 is 2.13 bits per heavy atom. The Bertz CT molecular complexity index is 1010. The van der Waals surface area contributed by atoms with Crippen LogP contribution in [0.3, 0.4) is 0 Å². The number of carbonyl (C=O) groups is 1. The largest absolute Gasteiger partial charge is 0.462 e. The highest BCUT2D eigenvalue weighted by atomic mass is 16.6. The third-order valence-electron chi connectivity index (χ3n) is 3.22. The molecule has 1 aromatic carbocycles. The molecule has 2 aromatic heterocycles. The molecule has 0 amide bonds. The lowest BCUT2D eigenvalue weighted by Crippen LogP contribution is -2.08. The van der Waals surface area contributed by atoms with Crippen LogP contribution >= 0.6 is 0 Å². The average Bonchev–Trinajstić information content (AvgIpc) is 2.54. The molecule has 0 aliphatic rings. The molecule has 0 atom stereocenters. The standard InChI is InChI=1S/C15H10N2O6/c1-2-22-15(19)8-5-12-13(16-7-8)14(18)10-6-9(17(20)21)3-4-11(10)23-12/h3-7H,2H2,1H3. The van der Waals surface area contributed by atoms with Crippen LogP contribution in [-0.2, 0) is 4.74 Å². The van der Waals surface area contributed by atoms with E-state index in [0.717, 1.165) is 6.07 Å². The normalized spacial score (nSPS) is 10.8. The van der Waals surface area contributed by atoms with E-state index in [1.165, 1.54) is 24.4 Å². The molecule has 0 spiro atoms. The van der Waals surface area contributed by atoms with Crippen LogP contribution in [0.25, 0.3) is 22.1 Å². The molecule has 0 unspecified atom stereocenters. The number of nitro benzene ring substituents is 1. The fourth-order valence-corrected chi connectivity index (χ4v) is 2.16. The van der Waals surface area contributed by atoms with Gasteiger partial charge in [0.15, 0.2) is 11.1 Å². The minimum Gasteiger partial charge on any atom is -0.462 e. The van der Waals surface area contributed by atoms with Gasteiger partial charge in [-0.1, -0.05) is 0 Å². The number of benzene rings is 1. The smallest absolute Gasteiger partial charge is 0.339 e. The van der Waals surface area contributed by atoms with Gasteiger partial charge in [0.1, 0.15) is 5.58 Å². The predicted octanol–water partition coefficient (Wildman–Crippen LogP) is 2.43. The van der Waals surface area contributed by atoms with E-state index in [1.807, 2.05) is 0 Å². The molecule has 0 saturated carbocycles. The predicted molar refractivity (Wildman–Crippen MR) is 80.4 cm³/mol. The highest BCUT2D eigenvalue weighted by molar-refractivity contribution is 5.94. The summed E-state index contributed by atoms with van der Waals surface area (Å²) in [5.74, 6) is -0.576. The van der Waals surface area contributed by atoms with Gasteiger partial charge in [-0.2, -0.15) is 0 Å². The zero-order valence-electron chi connectivity index (χ0n) is 11.9. The Morgan fingerprint density at radius 1 is 1.35 bits per heavy atom. The molecule has 116 valence electrons. The molecule has 3 rings (SSSR count). The van der Waals surface area contributed by atoms with Crippen molar-refractivity contribution in [3.05, 3.63) is 56.4 Å². The summed E-state index contributed by atoms with van der Waals surface area (Å²) < 4.78 is 10.4. The number of aromatic nitrogens is 1. The van der Waals surface area contributed by atoms with Gasteiger partial charge in [-0.3, -0.25) is 14.9 Å². The van der Waals surface area contributed by atoms with E-state index in [4.69, 9.17) is 9.15 Å². The van der Waals surface area contributed by atoms with E-state index < -0.39 is 16.3 Å². The number of nitro groups is 1. The van der Waals surface area contributed by atoms with Crippen LogP contribution in [0.4, 0.5) is 5.69 Å². The molecule has 0 N–H and O–H groups in total. The second-order valence-corrected chi connectivity index (χ2v) is 4.66. The minimum absolute atomic E-state index is 0.00829. The van der Waals surface area contributed by atoms with Gasteiger partial charge in [0.2, 0.25) is 5.43 Å². The Morgan fingerprint density at radius 3 is 2.83 bits per heavy atom. The van der Waals surface area contributed by atoms with E-state index in [1.54, 1.807) is 6.92 Å². The van der Waals surface area contributed by atoms with Crippen LogP contribution in [0.1, 0.15) is 17.3 Å². The first kappa shape index (κ1) is 14.6. The first-order valence-corrected chi connectivity index (χ1v) is 6.69. The van der Waals surface area contributed by atoms with Gasteiger partial charge < -0.3 is 9.15 Å². The lowest BCUT2D eigenvalue weighted by Gasteiger charge is -2.04. The molecule has 3 aromatic rings. The number of hydrogen-bond acceptors (Lipinski definition) is 7. The molecule has 0 bridgehead atoms. The van der Waals surface area contributed by atoms with E-state index in [0.29, 0.717) is 0 Å². The first-order chi connectivity index (χ1) is 11.0. The number of fused-ring (bicyclic) bond motifs is 2. The number of pyridine rings is 1. The summed E-state index contributed by atoms with van der Waals surface area (Å²) in [5, 5.41) is 10.9. The summed E-state index contributed by atoms with van der Waals surface area (Å²) in [6, 6.07) is 5.08. The highest BCUT2D eigenvalue weighted by Crippen LogP contribution is 2.22. The second-order valence-electron chi connectivity index (χ2n) is 4.66. The van der Waals surface area contributed by atoms with Crippen molar-refractivity contribution < 1.29 is 18.9 Å². The molecular weight excluding hydrogens is 304 g/mol. The van der Waals surface area contributed by atoms with Gasteiger partial charge in [0, 0.05) is 18.3 Å². The maximum Gasteiger partial charge on any atom is 0.339 e. The topological polar surface area (TPSA) is 113 Å². The van der Waals surface area contributed by atoms with Gasteiger partial charge in [-0.15, -0.1) is 0 Å². The summed E-state index contributed by atoms with van der Waals surface area (Å²) in [7, 11) is 0. The highest BCUT2D eigenvalue weighted by Gasteiger charge is 2.15. The third-order valence-corrected chi connectivity index (χ3v) is 3.22. The Labute approximate surface area is 128 Å². The zero-order valence-corrected chi connectivity index (χ0v) is 11.9. The van der Waals surface area contributed by atoms with E-state index in [9.17, 15) is 19.7 Å². The average molecular weight is 314 g/mol. The fraction of sp³-hybridized carbons (Fsp3) is 0.133. The maximum atomic E-state index is 12.4. The van der Waals surface area contributed by atoms with Crippen molar-refractivity contribution in [3.8, 4) is 0 Å². The summed E-state index contributed by atoms with van der Waals surface area (Å²) in [5.41, 5.74) is -0.278. The maximum absolute atomic E-state index is 12.4.